The van der Waals surface area contributed by atoms with Crippen molar-refractivity contribution in [2.45, 2.75) is 114 Å². The van der Waals surface area contributed by atoms with Gasteiger partial charge in [-0.25, -0.2) is 9.78 Å². The summed E-state index contributed by atoms with van der Waals surface area (Å²) in [6.07, 6.45) is 1.96. The average molecular weight is 1180 g/mol. The van der Waals surface area contributed by atoms with Crippen LogP contribution in [0.2, 0.25) is 0 Å². The number of carbonyl (C=O) groups excluding carboxylic acids is 9. The van der Waals surface area contributed by atoms with Crippen molar-refractivity contribution in [3.05, 3.63) is 83.9 Å². The molecule has 0 aliphatic carbocycles. The number of carbonyl (C=O) groups is 11. The van der Waals surface area contributed by atoms with E-state index in [0.29, 0.717) is 23.2 Å². The maximum absolute atomic E-state index is 14.7. The van der Waals surface area contributed by atoms with E-state index in [9.17, 15) is 68.1 Å². The smallest absolute Gasteiger partial charge is 0.326 e. The van der Waals surface area contributed by atoms with Gasteiger partial charge in [-0.3, -0.25) is 52.9 Å². The number of carboxylic acid groups (broad SMARTS) is 2. The largest absolute Gasteiger partial charge is 0.508 e. The predicted molar refractivity (Wildman–Crippen MR) is 301 cm³/mol. The monoisotopic (exact) mass is 1180 g/mol. The lowest BCUT2D eigenvalue weighted by molar-refractivity contribution is -0.145. The number of phenolic OH excluding ortho intramolecular Hbond substituents is 1. The number of H-pyrrole nitrogens is 1. The number of benzene rings is 2. The summed E-state index contributed by atoms with van der Waals surface area (Å²) < 4.78 is 0. The van der Waals surface area contributed by atoms with Crippen LogP contribution in [-0.4, -0.2) is 186 Å². The molecule has 9 amide bonds. The number of aromatic hydroxyl groups is 1. The zero-order valence-electron chi connectivity index (χ0n) is 45.1. The number of aliphatic imine (C=N–C) groups is 1. The van der Waals surface area contributed by atoms with Gasteiger partial charge in [0.2, 0.25) is 53.2 Å². The molecule has 4 rings (SSSR count). The second-order valence-corrected chi connectivity index (χ2v) is 20.9. The van der Waals surface area contributed by atoms with E-state index in [1.54, 1.807) is 30.3 Å². The number of hydrogen-bond donors (Lipinski definition) is 15. The number of likely N-dealkylation sites (tertiary alicyclic amines) is 1. The quantitative estimate of drug-likeness (QED) is 0.0120. The molecule has 2 heterocycles. The predicted octanol–water partition coefficient (Wildman–Crippen LogP) is -3.36. The third-order valence-electron chi connectivity index (χ3n) is 12.3. The topological polar surface area (TPSA) is 467 Å². The molecule has 1 aromatic heterocycles. The lowest BCUT2D eigenvalue weighted by atomic mass is 10.0. The van der Waals surface area contributed by atoms with Gasteiger partial charge in [0.15, 0.2) is 5.96 Å². The first-order chi connectivity index (χ1) is 39.0. The highest BCUT2D eigenvalue weighted by Gasteiger charge is 2.40. The highest BCUT2D eigenvalue weighted by Crippen LogP contribution is 2.21. The maximum atomic E-state index is 14.7. The number of aromatic nitrogens is 2. The van der Waals surface area contributed by atoms with E-state index in [1.165, 1.54) is 55.5 Å². The number of rotatable bonds is 34. The number of phenols is 1. The van der Waals surface area contributed by atoms with Crippen LogP contribution in [0.3, 0.4) is 0 Å². The number of amides is 9. The van der Waals surface area contributed by atoms with Crippen molar-refractivity contribution in [2.75, 3.05) is 36.3 Å². The Morgan fingerprint density at radius 3 is 1.78 bits per heavy atom. The Morgan fingerprint density at radius 2 is 1.23 bits per heavy atom. The fraction of sp³-hybridized carbons (Fsp3) is 0.471. The minimum Gasteiger partial charge on any atom is -0.508 e. The Hall–Kier alpha value is -8.45. The van der Waals surface area contributed by atoms with E-state index in [-0.39, 0.29) is 86.6 Å². The first-order valence-corrected chi connectivity index (χ1v) is 28.1. The number of nitrogens with one attached hydrogen (secondary N) is 9. The van der Waals surface area contributed by atoms with Crippen molar-refractivity contribution < 1.29 is 68.1 Å². The molecule has 82 heavy (non-hydrogen) atoms. The second kappa shape index (κ2) is 34.0. The number of aliphatic carboxylic acids is 2. The van der Waals surface area contributed by atoms with Crippen molar-refractivity contribution in [3.8, 4) is 5.75 Å². The summed E-state index contributed by atoms with van der Waals surface area (Å²) in [5, 5.41) is 50.0. The standard InChI is InChI=1S/C51H71N15O14S2/c1-28(67)58-26-81-23-39(64-44(73)35(10-6-16-56-51(53)54)60-43(72)34(52)21-42(70)71)46(75)61-36(18-31-12-14-33(69)15-13-31)45(74)65-40(24-82-27-59-29(2)68)47(76)62-37(20-32-22-55-25-57-32)49(78)66-17-7-11-41(66)48(77)63-38(50(79)80)19-30-8-4-3-5-9-30/h3-5,8-9,12-15,22,25,34-41,69H,6-7,10-11,16-21,23-24,26-27,52H2,1-2H3,(H,55,57)(H,58,67)(H,59,68)(H,60,72)(H,61,75)(H,62,76)(H,63,77)(H,64,73)(H,65,74)(H,70,71)(H,79,80)(H4,53,54,56)/t34-,35-,36-,37-,38-,39-,40+,41-/m0/s1. The van der Waals surface area contributed by atoms with Crippen LogP contribution in [0.5, 0.6) is 5.75 Å². The van der Waals surface area contributed by atoms with Crippen LogP contribution < -0.4 is 59.7 Å². The third-order valence-corrected chi connectivity index (χ3v) is 14.2. The highest BCUT2D eigenvalue weighted by atomic mass is 32.2. The van der Waals surface area contributed by atoms with Crippen LogP contribution in [-0.2, 0) is 72.0 Å². The summed E-state index contributed by atoms with van der Waals surface area (Å²) in [6.45, 7) is 2.59. The SMILES string of the molecule is CC(=O)NCSC[C@H](NC(=O)[C@H](CCCN=C(N)N)NC(=O)[C@@H](N)CC(=O)O)C(=O)N[C@@H](Cc1ccc(O)cc1)C(=O)N[C@H](CSCNC(C)=O)C(=O)N[C@@H](Cc1cnc[nH]1)C(=O)N1CCC[C@H]1C(=O)N[C@@H](Cc1ccccc1)C(=O)O. The van der Waals surface area contributed by atoms with Crippen LogP contribution in [0.25, 0.3) is 0 Å². The van der Waals surface area contributed by atoms with Crippen molar-refractivity contribution >= 4 is 94.6 Å². The van der Waals surface area contributed by atoms with Gasteiger partial charge in [0.1, 0.15) is 48.0 Å². The molecule has 31 heteroatoms. The molecule has 18 N–H and O–H groups in total. The number of nitrogens with two attached hydrogens (primary N) is 3. The van der Waals surface area contributed by atoms with Crippen molar-refractivity contribution in [1.82, 2.24) is 57.4 Å². The van der Waals surface area contributed by atoms with E-state index in [4.69, 9.17) is 17.2 Å². The lowest BCUT2D eigenvalue weighted by Gasteiger charge is -2.30. The molecule has 3 aromatic rings. The Kier molecular flexibility index (Phi) is 27.4. The number of imidazole rings is 1. The number of nitrogens with zero attached hydrogens (tertiary/aromatic N) is 3. The molecule has 1 aliphatic heterocycles. The molecule has 8 atom stereocenters. The minimum atomic E-state index is -1.57. The Balaban J connectivity index is 1.66. The first-order valence-electron chi connectivity index (χ1n) is 25.8. The Labute approximate surface area is 480 Å². The Bertz CT molecular complexity index is 2700. The second-order valence-electron chi connectivity index (χ2n) is 18.9. The summed E-state index contributed by atoms with van der Waals surface area (Å²) in [5.41, 5.74) is 18.1. The lowest BCUT2D eigenvalue weighted by Crippen LogP contribution is -2.61. The van der Waals surface area contributed by atoms with Crippen LogP contribution in [0, 0.1) is 0 Å². The highest BCUT2D eigenvalue weighted by molar-refractivity contribution is 7.99. The molecule has 0 bridgehead atoms. The molecule has 1 aliphatic rings. The molecule has 29 nitrogen and oxygen atoms in total. The average Bonchev–Trinajstić information content (AvgIpc) is 4.15. The van der Waals surface area contributed by atoms with Gasteiger partial charge in [0.25, 0.3) is 0 Å². The summed E-state index contributed by atoms with van der Waals surface area (Å²) in [7, 11) is 0. The summed E-state index contributed by atoms with van der Waals surface area (Å²) in [4.78, 5) is 159. The van der Waals surface area contributed by atoms with E-state index in [1.807, 2.05) is 0 Å². The molecule has 1 fully saturated rings. The van der Waals surface area contributed by atoms with Gasteiger partial charge in [-0.2, -0.15) is 0 Å². The van der Waals surface area contributed by atoms with Crippen molar-refractivity contribution in [2.24, 2.45) is 22.2 Å². The number of thioether (sulfide) groups is 2. The molecular weight excluding hydrogens is 1110 g/mol. The van der Waals surface area contributed by atoms with Gasteiger partial charge in [0.05, 0.1) is 30.5 Å². The van der Waals surface area contributed by atoms with Gasteiger partial charge in [-0.15, -0.1) is 23.5 Å². The minimum absolute atomic E-state index is 0.00372. The number of hydrogen-bond acceptors (Lipinski definition) is 17. The molecule has 0 radical (unpaired) electrons. The summed E-state index contributed by atoms with van der Waals surface area (Å²) >= 11 is 2.00. The van der Waals surface area contributed by atoms with Gasteiger partial charge in [-0.05, 0) is 48.9 Å². The van der Waals surface area contributed by atoms with E-state index in [0.717, 1.165) is 23.5 Å². The number of guanidine groups is 1. The maximum Gasteiger partial charge on any atom is 0.326 e. The van der Waals surface area contributed by atoms with E-state index in [2.05, 4.69) is 57.5 Å². The van der Waals surface area contributed by atoms with Crippen LogP contribution in [0.15, 0.2) is 72.1 Å². The summed E-state index contributed by atoms with van der Waals surface area (Å²) in [6, 6.07) is 2.72. The van der Waals surface area contributed by atoms with Gasteiger partial charge in [0, 0.05) is 69.6 Å². The van der Waals surface area contributed by atoms with Gasteiger partial charge in [-0.1, -0.05) is 42.5 Å². The first kappa shape index (κ1) is 66.1. The molecular formula is C51H71N15O14S2. The zero-order valence-corrected chi connectivity index (χ0v) is 46.7. The normalized spacial score (nSPS) is 15.3. The van der Waals surface area contributed by atoms with Gasteiger partial charge < -0.3 is 84.9 Å². The van der Waals surface area contributed by atoms with E-state index >= 15 is 0 Å². The van der Waals surface area contributed by atoms with Gasteiger partial charge >= 0.3 is 11.9 Å². The van der Waals surface area contributed by atoms with Crippen LogP contribution in [0.1, 0.15) is 62.8 Å². The van der Waals surface area contributed by atoms with Crippen molar-refractivity contribution in [1.29, 1.82) is 0 Å². The molecule has 446 valence electrons. The summed E-state index contributed by atoms with van der Waals surface area (Å²) in [5.74, 6) is -10.7. The Morgan fingerprint density at radius 1 is 0.695 bits per heavy atom. The fourth-order valence-corrected chi connectivity index (χ4v) is 9.95. The number of carboxylic acids is 2. The third kappa shape index (κ3) is 23.3. The number of aromatic amines is 1. The fourth-order valence-electron chi connectivity index (χ4n) is 8.16. The molecule has 1 saturated heterocycles. The van der Waals surface area contributed by atoms with E-state index < -0.39 is 120 Å². The zero-order chi connectivity index (χ0) is 60.3. The molecule has 2 aromatic carbocycles. The van der Waals surface area contributed by atoms with Crippen LogP contribution >= 0.6 is 23.5 Å². The molecule has 0 saturated carbocycles. The van der Waals surface area contributed by atoms with Crippen molar-refractivity contribution in [3.63, 3.8) is 0 Å². The van der Waals surface area contributed by atoms with Crippen LogP contribution in [0.4, 0.5) is 0 Å². The molecule has 0 spiro atoms. The molecule has 0 unspecified atom stereocenters.